The minimum Gasteiger partial charge on any atom is -0.435 e. The molecule has 24 heavy (non-hydrogen) atoms. The van der Waals surface area contributed by atoms with Crippen LogP contribution >= 0.6 is 0 Å². The lowest BCUT2D eigenvalue weighted by atomic mass is 10.1. The molecule has 0 saturated heterocycles. The number of likely N-dealkylation sites (N-methyl/N-ethyl adjacent to an activating group) is 1. The number of rotatable bonds is 5. The zero-order chi connectivity index (χ0) is 16.9. The third-order valence-corrected chi connectivity index (χ3v) is 3.73. The molecular formula is C19H17N3O2. The number of oxazole rings is 1. The average Bonchev–Trinajstić information content (AvgIpc) is 3.04. The monoisotopic (exact) mass is 319 g/mol. The van der Waals surface area contributed by atoms with Crippen molar-refractivity contribution < 1.29 is 9.52 Å². The molecule has 0 spiro atoms. The van der Waals surface area contributed by atoms with Crippen LogP contribution in [0.5, 0.6) is 0 Å². The molecule has 0 fully saturated rings. The van der Waals surface area contributed by atoms with Gasteiger partial charge in [-0.25, -0.2) is 4.98 Å². The fraction of sp³-hybridized carbons (Fsp3) is 0.158. The van der Waals surface area contributed by atoms with Gasteiger partial charge in [0.2, 0.25) is 5.89 Å². The van der Waals surface area contributed by atoms with Gasteiger partial charge >= 0.3 is 0 Å². The van der Waals surface area contributed by atoms with Crippen LogP contribution in [-0.4, -0.2) is 30.3 Å². The van der Waals surface area contributed by atoms with Gasteiger partial charge in [0.25, 0.3) is 0 Å². The first-order valence-corrected chi connectivity index (χ1v) is 7.61. The molecular weight excluding hydrogens is 302 g/mol. The van der Waals surface area contributed by atoms with Crippen LogP contribution in [0, 0.1) is 11.3 Å². The quantitative estimate of drug-likeness (QED) is 0.730. The largest absolute Gasteiger partial charge is 0.435 e. The van der Waals surface area contributed by atoms with Crippen molar-refractivity contribution in [3.05, 3.63) is 60.0 Å². The third kappa shape index (κ3) is 3.29. The standard InChI is InChI=1S/C19H17N3O2/c1-22(10-11-23)16-8-6-14(7-9-16)12-15(13-20)19-21-17-4-2-3-5-18(17)24-19/h2-9,12,23H,10-11H2,1H3. The van der Waals surface area contributed by atoms with E-state index in [0.717, 1.165) is 16.8 Å². The molecule has 3 rings (SSSR count). The van der Waals surface area contributed by atoms with Gasteiger partial charge in [0.15, 0.2) is 5.58 Å². The first-order chi connectivity index (χ1) is 11.7. The van der Waals surface area contributed by atoms with E-state index in [1.54, 1.807) is 6.08 Å². The molecule has 0 amide bonds. The van der Waals surface area contributed by atoms with Crippen molar-refractivity contribution in [3.63, 3.8) is 0 Å². The van der Waals surface area contributed by atoms with E-state index in [1.165, 1.54) is 0 Å². The lowest BCUT2D eigenvalue weighted by Gasteiger charge is -2.17. The molecule has 1 heterocycles. The minimum absolute atomic E-state index is 0.106. The molecule has 1 aromatic heterocycles. The normalized spacial score (nSPS) is 11.5. The fourth-order valence-electron chi connectivity index (χ4n) is 2.40. The van der Waals surface area contributed by atoms with Crippen LogP contribution in [0.15, 0.2) is 52.9 Å². The van der Waals surface area contributed by atoms with Crippen LogP contribution in [0.2, 0.25) is 0 Å². The fourth-order valence-corrected chi connectivity index (χ4v) is 2.40. The van der Waals surface area contributed by atoms with Crippen LogP contribution in [0.3, 0.4) is 0 Å². The van der Waals surface area contributed by atoms with Crippen molar-refractivity contribution >= 4 is 28.4 Å². The molecule has 0 aliphatic heterocycles. The second-order valence-corrected chi connectivity index (χ2v) is 5.39. The number of hydrogen-bond acceptors (Lipinski definition) is 5. The summed E-state index contributed by atoms with van der Waals surface area (Å²) in [7, 11) is 1.92. The lowest BCUT2D eigenvalue weighted by molar-refractivity contribution is 0.304. The van der Waals surface area contributed by atoms with Gasteiger partial charge in [-0.2, -0.15) is 5.26 Å². The van der Waals surface area contributed by atoms with Crippen LogP contribution in [0.4, 0.5) is 5.69 Å². The Kier molecular flexibility index (Phi) is 4.59. The Morgan fingerprint density at radius 1 is 1.25 bits per heavy atom. The molecule has 0 atom stereocenters. The maximum absolute atomic E-state index is 9.42. The Morgan fingerprint density at radius 2 is 2.00 bits per heavy atom. The van der Waals surface area contributed by atoms with Crippen molar-refractivity contribution in [2.24, 2.45) is 0 Å². The van der Waals surface area contributed by atoms with E-state index < -0.39 is 0 Å². The number of nitrogens with zero attached hydrogens (tertiary/aromatic N) is 3. The highest BCUT2D eigenvalue weighted by molar-refractivity contribution is 5.88. The van der Waals surface area contributed by atoms with Crippen LogP contribution in [0.25, 0.3) is 22.7 Å². The van der Waals surface area contributed by atoms with Gasteiger partial charge in [-0.15, -0.1) is 0 Å². The minimum atomic E-state index is 0.106. The Hall–Kier alpha value is -3.10. The average molecular weight is 319 g/mol. The number of para-hydroxylation sites is 2. The molecule has 5 nitrogen and oxygen atoms in total. The molecule has 1 N–H and O–H groups in total. The number of aliphatic hydroxyl groups is 1. The predicted octanol–water partition coefficient (Wildman–Crippen LogP) is 3.32. The molecule has 0 bridgehead atoms. The Morgan fingerprint density at radius 3 is 2.67 bits per heavy atom. The molecule has 120 valence electrons. The number of hydrogen-bond donors (Lipinski definition) is 1. The number of aromatic nitrogens is 1. The van der Waals surface area contributed by atoms with E-state index in [2.05, 4.69) is 11.1 Å². The Balaban J connectivity index is 1.89. The molecule has 0 radical (unpaired) electrons. The third-order valence-electron chi connectivity index (χ3n) is 3.73. The molecule has 0 aliphatic rings. The second kappa shape index (κ2) is 6.99. The maximum Gasteiger partial charge on any atom is 0.238 e. The number of anilines is 1. The number of benzene rings is 2. The lowest BCUT2D eigenvalue weighted by Crippen LogP contribution is -2.20. The summed E-state index contributed by atoms with van der Waals surface area (Å²) in [6, 6.07) is 17.3. The van der Waals surface area contributed by atoms with Gasteiger partial charge in [0.1, 0.15) is 17.2 Å². The Labute approximate surface area is 140 Å². The first-order valence-electron chi connectivity index (χ1n) is 7.61. The van der Waals surface area contributed by atoms with E-state index in [-0.39, 0.29) is 6.61 Å². The summed E-state index contributed by atoms with van der Waals surface area (Å²) < 4.78 is 5.65. The molecule has 0 unspecified atom stereocenters. The van der Waals surface area contributed by atoms with E-state index in [1.807, 2.05) is 60.5 Å². The van der Waals surface area contributed by atoms with Crippen molar-refractivity contribution in [1.82, 2.24) is 4.98 Å². The van der Waals surface area contributed by atoms with Crippen molar-refractivity contribution in [1.29, 1.82) is 5.26 Å². The molecule has 2 aromatic carbocycles. The molecule has 0 aliphatic carbocycles. The van der Waals surface area contributed by atoms with Crippen LogP contribution in [-0.2, 0) is 0 Å². The number of fused-ring (bicyclic) bond motifs is 1. The summed E-state index contributed by atoms with van der Waals surface area (Å²) in [6.07, 6.45) is 1.75. The maximum atomic E-state index is 9.42. The molecule has 5 heteroatoms. The van der Waals surface area contributed by atoms with Gasteiger partial charge in [-0.3, -0.25) is 0 Å². The van der Waals surface area contributed by atoms with Gasteiger partial charge < -0.3 is 14.4 Å². The van der Waals surface area contributed by atoms with Crippen LogP contribution in [0.1, 0.15) is 11.5 Å². The summed E-state index contributed by atoms with van der Waals surface area (Å²) in [6.45, 7) is 0.677. The summed E-state index contributed by atoms with van der Waals surface area (Å²) in [4.78, 5) is 6.31. The topological polar surface area (TPSA) is 73.3 Å². The molecule has 3 aromatic rings. The SMILES string of the molecule is CN(CCO)c1ccc(C=C(C#N)c2nc3ccccc3o2)cc1. The van der Waals surface area contributed by atoms with E-state index >= 15 is 0 Å². The van der Waals surface area contributed by atoms with E-state index in [0.29, 0.717) is 23.6 Å². The highest BCUT2D eigenvalue weighted by Gasteiger charge is 2.10. The number of aliphatic hydroxyl groups excluding tert-OH is 1. The zero-order valence-corrected chi connectivity index (χ0v) is 13.3. The first kappa shape index (κ1) is 15.8. The predicted molar refractivity (Wildman–Crippen MR) is 94.3 cm³/mol. The smallest absolute Gasteiger partial charge is 0.238 e. The van der Waals surface area contributed by atoms with E-state index in [9.17, 15) is 5.26 Å². The highest BCUT2D eigenvalue weighted by atomic mass is 16.3. The van der Waals surface area contributed by atoms with Gasteiger partial charge in [-0.1, -0.05) is 24.3 Å². The van der Waals surface area contributed by atoms with Crippen LogP contribution < -0.4 is 4.90 Å². The van der Waals surface area contributed by atoms with Crippen molar-refractivity contribution in [3.8, 4) is 6.07 Å². The summed E-state index contributed by atoms with van der Waals surface area (Å²) >= 11 is 0. The molecule has 0 saturated carbocycles. The zero-order valence-electron chi connectivity index (χ0n) is 13.3. The Bertz CT molecular complexity index is 871. The number of allylic oxidation sites excluding steroid dienone is 1. The summed E-state index contributed by atoms with van der Waals surface area (Å²) in [5, 5.41) is 18.4. The van der Waals surface area contributed by atoms with Gasteiger partial charge in [0, 0.05) is 19.3 Å². The van der Waals surface area contributed by atoms with Gasteiger partial charge in [-0.05, 0) is 35.9 Å². The van der Waals surface area contributed by atoms with Crippen molar-refractivity contribution in [2.75, 3.05) is 25.1 Å². The highest BCUT2D eigenvalue weighted by Crippen LogP contribution is 2.23. The summed E-state index contributed by atoms with van der Waals surface area (Å²) in [5.74, 6) is 0.320. The van der Waals surface area contributed by atoms with Gasteiger partial charge in [0.05, 0.1) is 6.61 Å². The number of nitriles is 1. The van der Waals surface area contributed by atoms with Crippen molar-refractivity contribution in [2.45, 2.75) is 0 Å². The van der Waals surface area contributed by atoms with E-state index in [4.69, 9.17) is 9.52 Å². The second-order valence-electron chi connectivity index (χ2n) is 5.39. The summed E-state index contributed by atoms with van der Waals surface area (Å²) in [5.41, 5.74) is 3.66.